The SMILES string of the molecule is CC(CN1CCNC[C@H]1C)C1CCC1. The van der Waals surface area contributed by atoms with Gasteiger partial charge in [0.2, 0.25) is 0 Å². The minimum Gasteiger partial charge on any atom is -0.314 e. The topological polar surface area (TPSA) is 15.3 Å². The monoisotopic (exact) mass is 196 g/mol. The van der Waals surface area contributed by atoms with Gasteiger partial charge in [-0.15, -0.1) is 0 Å². The summed E-state index contributed by atoms with van der Waals surface area (Å²) in [6, 6.07) is 0.742. The number of hydrogen-bond acceptors (Lipinski definition) is 2. The fourth-order valence-electron chi connectivity index (χ4n) is 2.68. The van der Waals surface area contributed by atoms with E-state index in [0.29, 0.717) is 0 Å². The normalized spacial score (nSPS) is 32.6. The van der Waals surface area contributed by atoms with Crippen LogP contribution in [0.3, 0.4) is 0 Å². The van der Waals surface area contributed by atoms with E-state index in [1.807, 2.05) is 0 Å². The van der Waals surface area contributed by atoms with Gasteiger partial charge in [-0.1, -0.05) is 26.2 Å². The summed E-state index contributed by atoms with van der Waals surface area (Å²) in [7, 11) is 0. The molecule has 1 saturated heterocycles. The number of nitrogens with zero attached hydrogens (tertiary/aromatic N) is 1. The van der Waals surface area contributed by atoms with Crippen LogP contribution in [0.2, 0.25) is 0 Å². The van der Waals surface area contributed by atoms with E-state index >= 15 is 0 Å². The molecule has 0 aromatic carbocycles. The van der Waals surface area contributed by atoms with E-state index in [2.05, 4.69) is 24.1 Å². The molecule has 0 aromatic heterocycles. The molecule has 0 radical (unpaired) electrons. The molecule has 0 aromatic rings. The van der Waals surface area contributed by atoms with Crippen LogP contribution < -0.4 is 5.32 Å². The Kier molecular flexibility index (Phi) is 3.45. The largest absolute Gasteiger partial charge is 0.314 e. The first kappa shape index (κ1) is 10.4. The molecular weight excluding hydrogens is 172 g/mol. The van der Waals surface area contributed by atoms with Crippen LogP contribution in [0.1, 0.15) is 33.1 Å². The molecule has 2 heteroatoms. The van der Waals surface area contributed by atoms with Crippen molar-refractivity contribution in [1.82, 2.24) is 10.2 Å². The van der Waals surface area contributed by atoms with Crippen molar-refractivity contribution in [3.05, 3.63) is 0 Å². The van der Waals surface area contributed by atoms with E-state index < -0.39 is 0 Å². The maximum atomic E-state index is 3.45. The van der Waals surface area contributed by atoms with Crippen molar-refractivity contribution < 1.29 is 0 Å². The molecule has 1 heterocycles. The third-order valence-electron chi connectivity index (χ3n) is 4.12. The minimum atomic E-state index is 0.742. The van der Waals surface area contributed by atoms with Crippen LogP contribution >= 0.6 is 0 Å². The van der Waals surface area contributed by atoms with Gasteiger partial charge in [-0.3, -0.25) is 4.90 Å². The van der Waals surface area contributed by atoms with Gasteiger partial charge in [-0.2, -0.15) is 0 Å². The zero-order valence-electron chi connectivity index (χ0n) is 9.63. The van der Waals surface area contributed by atoms with Crippen molar-refractivity contribution in [2.45, 2.75) is 39.2 Å². The molecule has 2 aliphatic rings. The van der Waals surface area contributed by atoms with Crippen molar-refractivity contribution in [1.29, 1.82) is 0 Å². The Morgan fingerprint density at radius 2 is 2.21 bits per heavy atom. The lowest BCUT2D eigenvalue weighted by atomic mass is 9.76. The van der Waals surface area contributed by atoms with Crippen LogP contribution in [-0.2, 0) is 0 Å². The molecule has 2 rings (SSSR count). The molecule has 14 heavy (non-hydrogen) atoms. The number of nitrogens with one attached hydrogen (secondary N) is 1. The minimum absolute atomic E-state index is 0.742. The summed E-state index contributed by atoms with van der Waals surface area (Å²) >= 11 is 0. The lowest BCUT2D eigenvalue weighted by molar-refractivity contribution is 0.108. The Labute approximate surface area is 88.1 Å². The first-order valence-corrected chi connectivity index (χ1v) is 6.22. The summed E-state index contributed by atoms with van der Waals surface area (Å²) in [4.78, 5) is 2.67. The van der Waals surface area contributed by atoms with E-state index in [9.17, 15) is 0 Å². The first-order chi connectivity index (χ1) is 6.77. The van der Waals surface area contributed by atoms with Crippen LogP contribution in [0.25, 0.3) is 0 Å². The van der Waals surface area contributed by atoms with E-state index in [1.165, 1.54) is 45.4 Å². The smallest absolute Gasteiger partial charge is 0.0193 e. The summed E-state index contributed by atoms with van der Waals surface area (Å²) in [5.74, 6) is 1.96. The van der Waals surface area contributed by atoms with Gasteiger partial charge in [-0.25, -0.2) is 0 Å². The highest BCUT2D eigenvalue weighted by atomic mass is 15.2. The van der Waals surface area contributed by atoms with Crippen molar-refractivity contribution >= 4 is 0 Å². The van der Waals surface area contributed by atoms with E-state index in [1.54, 1.807) is 0 Å². The Morgan fingerprint density at radius 1 is 1.43 bits per heavy atom. The van der Waals surface area contributed by atoms with Crippen molar-refractivity contribution in [3.8, 4) is 0 Å². The molecule has 1 saturated carbocycles. The molecule has 2 atom stereocenters. The van der Waals surface area contributed by atoms with Gasteiger partial charge in [0.25, 0.3) is 0 Å². The third kappa shape index (κ3) is 2.29. The number of hydrogen-bond donors (Lipinski definition) is 1. The van der Waals surface area contributed by atoms with Crippen LogP contribution in [0.15, 0.2) is 0 Å². The van der Waals surface area contributed by atoms with E-state index in [4.69, 9.17) is 0 Å². The molecule has 0 spiro atoms. The van der Waals surface area contributed by atoms with Gasteiger partial charge in [0.15, 0.2) is 0 Å². The van der Waals surface area contributed by atoms with Crippen molar-refractivity contribution in [2.24, 2.45) is 11.8 Å². The van der Waals surface area contributed by atoms with Gasteiger partial charge in [0.05, 0.1) is 0 Å². The second-order valence-corrected chi connectivity index (χ2v) is 5.22. The standard InChI is InChI=1S/C12H24N2/c1-10(12-4-3-5-12)9-14-7-6-13-8-11(14)2/h10-13H,3-9H2,1-2H3/t10?,11-/m1/s1. The molecule has 0 amide bonds. The Bertz CT molecular complexity index is 177. The van der Waals surface area contributed by atoms with Crippen molar-refractivity contribution in [3.63, 3.8) is 0 Å². The zero-order chi connectivity index (χ0) is 9.97. The first-order valence-electron chi connectivity index (χ1n) is 6.22. The molecule has 2 fully saturated rings. The third-order valence-corrected chi connectivity index (χ3v) is 4.12. The lowest BCUT2D eigenvalue weighted by Crippen LogP contribution is -2.51. The maximum Gasteiger partial charge on any atom is 0.0193 e. The zero-order valence-corrected chi connectivity index (χ0v) is 9.63. The van der Waals surface area contributed by atoms with Gasteiger partial charge >= 0.3 is 0 Å². The maximum absolute atomic E-state index is 3.45. The molecule has 2 nitrogen and oxygen atoms in total. The summed E-state index contributed by atoms with van der Waals surface area (Å²) in [5, 5.41) is 3.45. The van der Waals surface area contributed by atoms with Crippen LogP contribution in [0.5, 0.6) is 0 Å². The van der Waals surface area contributed by atoms with Crippen LogP contribution in [-0.4, -0.2) is 37.1 Å². The summed E-state index contributed by atoms with van der Waals surface area (Å²) < 4.78 is 0. The van der Waals surface area contributed by atoms with Gasteiger partial charge in [0, 0.05) is 32.2 Å². The Morgan fingerprint density at radius 3 is 2.79 bits per heavy atom. The average Bonchev–Trinajstić information content (AvgIpc) is 2.05. The van der Waals surface area contributed by atoms with E-state index in [-0.39, 0.29) is 0 Å². The average molecular weight is 196 g/mol. The fraction of sp³-hybridized carbons (Fsp3) is 1.00. The van der Waals surface area contributed by atoms with E-state index in [0.717, 1.165) is 17.9 Å². The van der Waals surface area contributed by atoms with Crippen LogP contribution in [0.4, 0.5) is 0 Å². The van der Waals surface area contributed by atoms with Crippen LogP contribution in [0, 0.1) is 11.8 Å². The predicted octanol–water partition coefficient (Wildman–Crippen LogP) is 1.72. The molecule has 1 unspecified atom stereocenters. The highest BCUT2D eigenvalue weighted by Gasteiger charge is 2.27. The molecule has 1 N–H and O–H groups in total. The quantitative estimate of drug-likeness (QED) is 0.739. The fourth-order valence-corrected chi connectivity index (χ4v) is 2.68. The summed E-state index contributed by atoms with van der Waals surface area (Å²) in [6.07, 6.45) is 4.45. The number of piperazine rings is 1. The highest BCUT2D eigenvalue weighted by Crippen LogP contribution is 2.33. The van der Waals surface area contributed by atoms with Gasteiger partial charge in [0.1, 0.15) is 0 Å². The molecule has 1 aliphatic heterocycles. The molecular formula is C12H24N2. The second kappa shape index (κ2) is 4.63. The predicted molar refractivity (Wildman–Crippen MR) is 60.4 cm³/mol. The Balaban J connectivity index is 1.76. The Hall–Kier alpha value is -0.0800. The van der Waals surface area contributed by atoms with Gasteiger partial charge in [-0.05, 0) is 18.8 Å². The molecule has 0 bridgehead atoms. The van der Waals surface area contributed by atoms with Gasteiger partial charge < -0.3 is 5.32 Å². The lowest BCUT2D eigenvalue weighted by Gasteiger charge is -2.39. The second-order valence-electron chi connectivity index (χ2n) is 5.22. The molecule has 1 aliphatic carbocycles. The summed E-state index contributed by atoms with van der Waals surface area (Å²) in [6.45, 7) is 9.73. The molecule has 82 valence electrons. The summed E-state index contributed by atoms with van der Waals surface area (Å²) in [5.41, 5.74) is 0. The van der Waals surface area contributed by atoms with Crippen molar-refractivity contribution in [2.75, 3.05) is 26.2 Å². The highest BCUT2D eigenvalue weighted by molar-refractivity contribution is 4.81. The number of rotatable bonds is 3.